The molecule has 2 rings (SSSR count). The summed E-state index contributed by atoms with van der Waals surface area (Å²) >= 11 is 1.62. The molecule has 1 fully saturated rings. The summed E-state index contributed by atoms with van der Waals surface area (Å²) in [5.41, 5.74) is 0.669. The summed E-state index contributed by atoms with van der Waals surface area (Å²) in [6.07, 6.45) is 5.74. The molecule has 0 aliphatic heterocycles. The van der Waals surface area contributed by atoms with Gasteiger partial charge in [0.05, 0.1) is 5.54 Å². The Kier molecular flexibility index (Phi) is 4.05. The number of rotatable bonds is 3. The van der Waals surface area contributed by atoms with Crippen LogP contribution >= 0.6 is 11.3 Å². The Morgan fingerprint density at radius 1 is 1.39 bits per heavy atom. The minimum absolute atomic E-state index is 0.201. The third-order valence-corrected chi connectivity index (χ3v) is 4.85. The van der Waals surface area contributed by atoms with Crippen molar-refractivity contribution in [1.82, 2.24) is 10.3 Å². The molecule has 1 aromatic heterocycles. The second kappa shape index (κ2) is 5.39. The monoisotopic (exact) mass is 266 g/mol. The zero-order valence-electron chi connectivity index (χ0n) is 11.5. The van der Waals surface area contributed by atoms with Crippen LogP contribution in [0.3, 0.4) is 0 Å². The number of thiazole rings is 1. The number of hydrogen-bond acceptors (Lipinski definition) is 3. The van der Waals surface area contributed by atoms with Gasteiger partial charge in [0.25, 0.3) is 0 Å². The standard InChI is InChI=1S/C14H22N2OS/c1-10-9-18-13(15-10)14(2,3)16-12(17)11-7-5-4-6-8-11/h9,11H,4-8H2,1-3H3,(H,16,17). The van der Waals surface area contributed by atoms with Crippen LogP contribution in [0.4, 0.5) is 0 Å². The van der Waals surface area contributed by atoms with Crippen molar-refractivity contribution in [2.24, 2.45) is 5.92 Å². The van der Waals surface area contributed by atoms with Crippen molar-refractivity contribution in [3.05, 3.63) is 16.1 Å². The average molecular weight is 266 g/mol. The Hall–Kier alpha value is -0.900. The predicted molar refractivity (Wildman–Crippen MR) is 74.6 cm³/mol. The fourth-order valence-electron chi connectivity index (χ4n) is 2.47. The summed E-state index contributed by atoms with van der Waals surface area (Å²) in [5, 5.41) is 6.19. The van der Waals surface area contributed by atoms with Crippen LogP contribution in [0.15, 0.2) is 5.38 Å². The highest BCUT2D eigenvalue weighted by molar-refractivity contribution is 7.09. The first-order valence-corrected chi connectivity index (χ1v) is 7.61. The van der Waals surface area contributed by atoms with Crippen LogP contribution in [0.25, 0.3) is 0 Å². The van der Waals surface area contributed by atoms with E-state index in [-0.39, 0.29) is 17.4 Å². The molecule has 0 bridgehead atoms. The van der Waals surface area contributed by atoms with E-state index in [1.54, 1.807) is 11.3 Å². The lowest BCUT2D eigenvalue weighted by atomic mass is 9.88. The summed E-state index contributed by atoms with van der Waals surface area (Å²) in [6.45, 7) is 6.05. The van der Waals surface area contributed by atoms with Gasteiger partial charge in [-0.3, -0.25) is 4.79 Å². The Labute approximate surface area is 113 Å². The summed E-state index contributed by atoms with van der Waals surface area (Å²) in [5.74, 6) is 0.409. The number of hydrogen-bond donors (Lipinski definition) is 1. The van der Waals surface area contributed by atoms with E-state index in [1.807, 2.05) is 26.2 Å². The van der Waals surface area contributed by atoms with Gasteiger partial charge in [-0.1, -0.05) is 19.3 Å². The van der Waals surface area contributed by atoms with Gasteiger partial charge in [-0.25, -0.2) is 4.98 Å². The van der Waals surface area contributed by atoms with Crippen molar-refractivity contribution >= 4 is 17.2 Å². The van der Waals surface area contributed by atoms with E-state index in [0.29, 0.717) is 0 Å². The van der Waals surface area contributed by atoms with Crippen molar-refractivity contribution in [2.75, 3.05) is 0 Å². The van der Waals surface area contributed by atoms with E-state index in [1.165, 1.54) is 19.3 Å². The van der Waals surface area contributed by atoms with E-state index in [4.69, 9.17) is 0 Å². The SMILES string of the molecule is Cc1csc(C(C)(C)NC(=O)C2CCCCC2)n1. The van der Waals surface area contributed by atoms with Crippen molar-refractivity contribution in [3.63, 3.8) is 0 Å². The Balaban J connectivity index is 2.00. The van der Waals surface area contributed by atoms with Gasteiger partial charge in [0.15, 0.2) is 0 Å². The van der Waals surface area contributed by atoms with E-state index in [9.17, 15) is 4.79 Å². The molecule has 1 aliphatic carbocycles. The van der Waals surface area contributed by atoms with Crippen molar-refractivity contribution in [2.45, 2.75) is 58.4 Å². The molecule has 0 atom stereocenters. The molecule has 0 aromatic carbocycles. The highest BCUT2D eigenvalue weighted by Gasteiger charge is 2.30. The lowest BCUT2D eigenvalue weighted by molar-refractivity contribution is -0.127. The second-order valence-electron chi connectivity index (χ2n) is 5.74. The molecule has 1 amide bonds. The highest BCUT2D eigenvalue weighted by Crippen LogP contribution is 2.27. The molecular weight excluding hydrogens is 244 g/mol. The summed E-state index contributed by atoms with van der Waals surface area (Å²) in [4.78, 5) is 16.7. The van der Waals surface area contributed by atoms with E-state index < -0.39 is 0 Å². The molecule has 0 unspecified atom stereocenters. The van der Waals surface area contributed by atoms with Gasteiger partial charge in [0.1, 0.15) is 5.01 Å². The molecule has 3 nitrogen and oxygen atoms in total. The summed E-state index contributed by atoms with van der Waals surface area (Å²) < 4.78 is 0. The summed E-state index contributed by atoms with van der Waals surface area (Å²) in [6, 6.07) is 0. The van der Waals surface area contributed by atoms with Gasteiger partial charge >= 0.3 is 0 Å². The molecule has 18 heavy (non-hydrogen) atoms. The van der Waals surface area contributed by atoms with Gasteiger partial charge < -0.3 is 5.32 Å². The molecule has 0 radical (unpaired) electrons. The number of carbonyl (C=O) groups is 1. The quantitative estimate of drug-likeness (QED) is 0.911. The zero-order chi connectivity index (χ0) is 13.2. The fraction of sp³-hybridized carbons (Fsp3) is 0.714. The van der Waals surface area contributed by atoms with Gasteiger partial charge in [-0.2, -0.15) is 0 Å². The normalized spacial score (nSPS) is 17.7. The Bertz CT molecular complexity index is 419. The molecule has 1 aliphatic rings. The third kappa shape index (κ3) is 3.10. The maximum absolute atomic E-state index is 12.3. The van der Waals surface area contributed by atoms with Crippen molar-refractivity contribution < 1.29 is 4.79 Å². The average Bonchev–Trinajstić information content (AvgIpc) is 2.77. The van der Waals surface area contributed by atoms with Gasteiger partial charge in [0, 0.05) is 17.0 Å². The fourth-order valence-corrected chi connectivity index (χ4v) is 3.35. The van der Waals surface area contributed by atoms with Gasteiger partial charge in [-0.15, -0.1) is 11.3 Å². The van der Waals surface area contributed by atoms with E-state index in [0.717, 1.165) is 23.5 Å². The first-order valence-electron chi connectivity index (χ1n) is 6.74. The molecule has 100 valence electrons. The lowest BCUT2D eigenvalue weighted by Crippen LogP contribution is -2.44. The van der Waals surface area contributed by atoms with Crippen LogP contribution in [-0.4, -0.2) is 10.9 Å². The number of carbonyl (C=O) groups excluding carboxylic acids is 1. The van der Waals surface area contributed by atoms with Crippen LogP contribution in [0.5, 0.6) is 0 Å². The van der Waals surface area contributed by atoms with Crippen molar-refractivity contribution in [3.8, 4) is 0 Å². The van der Waals surface area contributed by atoms with Crippen LogP contribution < -0.4 is 5.32 Å². The minimum atomic E-state index is -0.354. The summed E-state index contributed by atoms with van der Waals surface area (Å²) in [7, 11) is 0. The van der Waals surface area contributed by atoms with Gasteiger partial charge in [0.2, 0.25) is 5.91 Å². The van der Waals surface area contributed by atoms with Gasteiger partial charge in [-0.05, 0) is 33.6 Å². The zero-order valence-corrected chi connectivity index (χ0v) is 12.3. The molecule has 0 saturated heterocycles. The highest BCUT2D eigenvalue weighted by atomic mass is 32.1. The number of nitrogens with zero attached hydrogens (tertiary/aromatic N) is 1. The topological polar surface area (TPSA) is 42.0 Å². The number of nitrogens with one attached hydrogen (secondary N) is 1. The maximum atomic E-state index is 12.3. The maximum Gasteiger partial charge on any atom is 0.223 e. The molecule has 1 N–H and O–H groups in total. The molecule has 1 saturated carbocycles. The largest absolute Gasteiger partial charge is 0.344 e. The van der Waals surface area contributed by atoms with Crippen LogP contribution in [0.1, 0.15) is 56.7 Å². The lowest BCUT2D eigenvalue weighted by Gasteiger charge is -2.28. The van der Waals surface area contributed by atoms with E-state index >= 15 is 0 Å². The smallest absolute Gasteiger partial charge is 0.223 e. The number of aromatic nitrogens is 1. The molecule has 1 heterocycles. The first-order chi connectivity index (χ1) is 8.49. The van der Waals surface area contributed by atoms with E-state index in [2.05, 4.69) is 10.3 Å². The first kappa shape index (κ1) is 13.5. The minimum Gasteiger partial charge on any atom is -0.344 e. The molecule has 1 aromatic rings. The number of amides is 1. The van der Waals surface area contributed by atoms with Crippen LogP contribution in [0, 0.1) is 12.8 Å². The molecule has 0 spiro atoms. The van der Waals surface area contributed by atoms with Crippen molar-refractivity contribution in [1.29, 1.82) is 0 Å². The Morgan fingerprint density at radius 2 is 2.06 bits per heavy atom. The van der Waals surface area contributed by atoms with Crippen LogP contribution in [-0.2, 0) is 10.3 Å². The number of aryl methyl sites for hydroxylation is 1. The third-order valence-electron chi connectivity index (χ3n) is 3.57. The predicted octanol–water partition coefficient (Wildman–Crippen LogP) is 3.38. The molecular formula is C14H22N2OS. The Morgan fingerprint density at radius 3 is 2.61 bits per heavy atom. The molecule has 4 heteroatoms. The van der Waals surface area contributed by atoms with Crippen LogP contribution in [0.2, 0.25) is 0 Å². The second-order valence-corrected chi connectivity index (χ2v) is 6.60.